The second-order valence-electron chi connectivity index (χ2n) is 5.24. The molecule has 17 heavy (non-hydrogen) atoms. The van der Waals surface area contributed by atoms with E-state index >= 15 is 0 Å². The molecule has 1 rings (SSSR count). The summed E-state index contributed by atoms with van der Waals surface area (Å²) in [6, 6.07) is 0.500. The summed E-state index contributed by atoms with van der Waals surface area (Å²) in [6.45, 7) is 10.8. The molecular weight excluding hydrogens is 212 g/mol. The largest absolute Gasteiger partial charge is 0.370 e. The van der Waals surface area contributed by atoms with Crippen molar-refractivity contribution in [3.63, 3.8) is 0 Å². The van der Waals surface area contributed by atoms with E-state index in [9.17, 15) is 0 Å². The van der Waals surface area contributed by atoms with Gasteiger partial charge in [-0.25, -0.2) is 0 Å². The van der Waals surface area contributed by atoms with Crippen molar-refractivity contribution in [3.05, 3.63) is 0 Å². The first-order valence-electron chi connectivity index (χ1n) is 6.91. The van der Waals surface area contributed by atoms with Gasteiger partial charge in [-0.2, -0.15) is 0 Å². The van der Waals surface area contributed by atoms with Gasteiger partial charge < -0.3 is 11.1 Å². The summed E-state index contributed by atoms with van der Waals surface area (Å²) in [5.41, 5.74) is 5.79. The van der Waals surface area contributed by atoms with Crippen LogP contribution in [-0.4, -0.2) is 43.1 Å². The Kier molecular flexibility index (Phi) is 6.34. The maximum Gasteiger partial charge on any atom is 0.188 e. The van der Waals surface area contributed by atoms with Gasteiger partial charge in [0, 0.05) is 19.1 Å². The van der Waals surface area contributed by atoms with Crippen molar-refractivity contribution in [1.29, 1.82) is 0 Å². The SMILES string of the molecule is CCCNC(N)=NCC(C)N1CCCC(C)C1. The van der Waals surface area contributed by atoms with Crippen LogP contribution in [0.1, 0.15) is 40.0 Å². The van der Waals surface area contributed by atoms with Crippen molar-refractivity contribution < 1.29 is 0 Å². The molecule has 1 saturated heterocycles. The maximum absolute atomic E-state index is 5.79. The number of nitrogens with zero attached hydrogens (tertiary/aromatic N) is 2. The van der Waals surface area contributed by atoms with Gasteiger partial charge in [0.05, 0.1) is 6.54 Å². The van der Waals surface area contributed by atoms with Crippen LogP contribution in [0.5, 0.6) is 0 Å². The lowest BCUT2D eigenvalue weighted by atomic mass is 9.99. The highest BCUT2D eigenvalue weighted by Crippen LogP contribution is 2.17. The van der Waals surface area contributed by atoms with Crippen molar-refractivity contribution in [1.82, 2.24) is 10.2 Å². The molecule has 100 valence electrons. The van der Waals surface area contributed by atoms with E-state index in [1.165, 1.54) is 25.9 Å². The van der Waals surface area contributed by atoms with Gasteiger partial charge in [-0.15, -0.1) is 0 Å². The molecule has 0 spiro atoms. The Morgan fingerprint density at radius 2 is 2.35 bits per heavy atom. The van der Waals surface area contributed by atoms with Gasteiger partial charge in [0.25, 0.3) is 0 Å². The van der Waals surface area contributed by atoms with Crippen molar-refractivity contribution in [2.24, 2.45) is 16.6 Å². The van der Waals surface area contributed by atoms with Crippen LogP contribution in [-0.2, 0) is 0 Å². The van der Waals surface area contributed by atoms with E-state index in [0.29, 0.717) is 12.0 Å². The highest BCUT2D eigenvalue weighted by atomic mass is 15.2. The molecule has 0 saturated carbocycles. The predicted octanol–water partition coefficient (Wildman–Crippen LogP) is 1.42. The smallest absolute Gasteiger partial charge is 0.188 e. The number of hydrogen-bond donors (Lipinski definition) is 2. The fourth-order valence-corrected chi connectivity index (χ4v) is 2.28. The fraction of sp³-hybridized carbons (Fsp3) is 0.923. The first-order chi connectivity index (χ1) is 8.13. The molecule has 4 nitrogen and oxygen atoms in total. The van der Waals surface area contributed by atoms with Gasteiger partial charge in [0.1, 0.15) is 0 Å². The second-order valence-corrected chi connectivity index (χ2v) is 5.24. The van der Waals surface area contributed by atoms with Crippen molar-refractivity contribution >= 4 is 5.96 Å². The van der Waals surface area contributed by atoms with Crippen LogP contribution in [0.4, 0.5) is 0 Å². The summed E-state index contributed by atoms with van der Waals surface area (Å²) in [7, 11) is 0. The first-order valence-corrected chi connectivity index (χ1v) is 6.91. The summed E-state index contributed by atoms with van der Waals surface area (Å²) in [6.07, 6.45) is 3.76. The van der Waals surface area contributed by atoms with Crippen molar-refractivity contribution in [2.75, 3.05) is 26.2 Å². The number of nitrogens with one attached hydrogen (secondary N) is 1. The third-order valence-electron chi connectivity index (χ3n) is 3.39. The minimum Gasteiger partial charge on any atom is -0.370 e. The molecule has 0 amide bonds. The van der Waals surface area contributed by atoms with E-state index in [1.54, 1.807) is 0 Å². The van der Waals surface area contributed by atoms with E-state index in [4.69, 9.17) is 5.73 Å². The van der Waals surface area contributed by atoms with E-state index in [1.807, 2.05) is 0 Å². The van der Waals surface area contributed by atoms with E-state index < -0.39 is 0 Å². The highest BCUT2D eigenvalue weighted by molar-refractivity contribution is 5.77. The quantitative estimate of drug-likeness (QED) is 0.564. The fourth-order valence-electron chi connectivity index (χ4n) is 2.28. The van der Waals surface area contributed by atoms with Gasteiger partial charge in [-0.1, -0.05) is 13.8 Å². The Morgan fingerprint density at radius 3 is 3.00 bits per heavy atom. The van der Waals surface area contributed by atoms with Crippen LogP contribution in [0.15, 0.2) is 4.99 Å². The zero-order chi connectivity index (χ0) is 12.7. The lowest BCUT2D eigenvalue weighted by Gasteiger charge is -2.34. The molecule has 0 radical (unpaired) electrons. The molecule has 4 heteroatoms. The summed E-state index contributed by atoms with van der Waals surface area (Å²) in [5.74, 6) is 1.41. The van der Waals surface area contributed by atoms with Crippen molar-refractivity contribution in [3.8, 4) is 0 Å². The monoisotopic (exact) mass is 240 g/mol. The highest BCUT2D eigenvalue weighted by Gasteiger charge is 2.20. The molecule has 1 fully saturated rings. The Labute approximate surface area is 106 Å². The number of aliphatic imine (C=N–C) groups is 1. The lowest BCUT2D eigenvalue weighted by Crippen LogP contribution is -2.42. The van der Waals surface area contributed by atoms with Crippen LogP contribution in [0.25, 0.3) is 0 Å². The normalized spacial score (nSPS) is 24.6. The van der Waals surface area contributed by atoms with Gasteiger partial charge in [-0.05, 0) is 38.6 Å². The Balaban J connectivity index is 2.30. The molecule has 0 bridgehead atoms. The molecule has 1 heterocycles. The van der Waals surface area contributed by atoms with Gasteiger partial charge in [0.15, 0.2) is 5.96 Å². The van der Waals surface area contributed by atoms with Crippen LogP contribution in [0.2, 0.25) is 0 Å². The summed E-state index contributed by atoms with van der Waals surface area (Å²) in [4.78, 5) is 6.94. The summed E-state index contributed by atoms with van der Waals surface area (Å²) >= 11 is 0. The lowest BCUT2D eigenvalue weighted by molar-refractivity contribution is 0.142. The second kappa shape index (κ2) is 7.54. The maximum atomic E-state index is 5.79. The molecule has 1 aliphatic rings. The Bertz CT molecular complexity index is 240. The van der Waals surface area contributed by atoms with Gasteiger partial charge >= 0.3 is 0 Å². The third-order valence-corrected chi connectivity index (χ3v) is 3.39. The van der Waals surface area contributed by atoms with Crippen LogP contribution >= 0.6 is 0 Å². The average molecular weight is 240 g/mol. The molecule has 2 atom stereocenters. The molecular formula is C13H28N4. The van der Waals surface area contributed by atoms with Crippen molar-refractivity contribution in [2.45, 2.75) is 46.1 Å². The standard InChI is InChI=1S/C13H28N4/c1-4-7-15-13(14)16-9-12(3)17-8-5-6-11(2)10-17/h11-12H,4-10H2,1-3H3,(H3,14,15,16). The Morgan fingerprint density at radius 1 is 1.59 bits per heavy atom. The molecule has 2 unspecified atom stereocenters. The van der Waals surface area contributed by atoms with E-state index in [-0.39, 0.29) is 0 Å². The van der Waals surface area contributed by atoms with Crippen LogP contribution < -0.4 is 11.1 Å². The minimum absolute atomic E-state index is 0.500. The molecule has 0 aromatic heterocycles. The molecule has 0 aromatic carbocycles. The average Bonchev–Trinajstić information content (AvgIpc) is 2.33. The van der Waals surface area contributed by atoms with E-state index in [2.05, 4.69) is 36.0 Å². The van der Waals surface area contributed by atoms with Crippen LogP contribution in [0, 0.1) is 5.92 Å². The minimum atomic E-state index is 0.500. The number of nitrogens with two attached hydrogens (primary N) is 1. The molecule has 0 aromatic rings. The zero-order valence-electron chi connectivity index (χ0n) is 11.6. The van der Waals surface area contributed by atoms with E-state index in [0.717, 1.165) is 25.4 Å². The summed E-state index contributed by atoms with van der Waals surface area (Å²) in [5, 5.41) is 3.11. The summed E-state index contributed by atoms with van der Waals surface area (Å²) < 4.78 is 0. The molecule has 0 aliphatic carbocycles. The van der Waals surface area contributed by atoms with Gasteiger partial charge in [-0.3, -0.25) is 9.89 Å². The third kappa shape index (κ3) is 5.39. The zero-order valence-corrected chi connectivity index (χ0v) is 11.6. The topological polar surface area (TPSA) is 53.6 Å². The van der Waals surface area contributed by atoms with Crippen LogP contribution in [0.3, 0.4) is 0 Å². The van der Waals surface area contributed by atoms with Gasteiger partial charge in [0.2, 0.25) is 0 Å². The number of likely N-dealkylation sites (tertiary alicyclic amines) is 1. The number of rotatable bonds is 5. The predicted molar refractivity (Wildman–Crippen MR) is 74.2 cm³/mol. The Hall–Kier alpha value is -0.770. The molecule has 1 aliphatic heterocycles. The number of hydrogen-bond acceptors (Lipinski definition) is 2. The first kappa shape index (κ1) is 14.3. The number of piperidine rings is 1. The number of guanidine groups is 1. The molecule has 3 N–H and O–H groups in total.